The van der Waals surface area contributed by atoms with Crippen molar-refractivity contribution in [2.24, 2.45) is 4.99 Å². The number of nitrogens with one attached hydrogen (secondary N) is 2. The molecule has 0 aromatic carbocycles. The van der Waals surface area contributed by atoms with Gasteiger partial charge in [0.15, 0.2) is 5.96 Å². The summed E-state index contributed by atoms with van der Waals surface area (Å²) in [6, 6.07) is 0.399. The molecule has 1 saturated carbocycles. The number of hydrogen-bond acceptors (Lipinski definition) is 3. The molecule has 0 aromatic rings. The molecule has 2 rings (SSSR count). The first-order chi connectivity index (χ1) is 11.0. The Morgan fingerprint density at radius 1 is 1.30 bits per heavy atom. The van der Waals surface area contributed by atoms with Crippen LogP contribution in [0.5, 0.6) is 0 Å². The van der Waals surface area contributed by atoms with Crippen LogP contribution in [0.4, 0.5) is 0 Å². The van der Waals surface area contributed by atoms with E-state index in [9.17, 15) is 4.79 Å². The topological polar surface area (TPSA) is 56.7 Å². The van der Waals surface area contributed by atoms with Crippen LogP contribution in [0.2, 0.25) is 0 Å². The van der Waals surface area contributed by atoms with E-state index in [-0.39, 0.29) is 10.7 Å². The van der Waals surface area contributed by atoms with Crippen LogP contribution >= 0.6 is 11.8 Å². The third-order valence-electron chi connectivity index (χ3n) is 4.54. The van der Waals surface area contributed by atoms with Gasteiger partial charge in [-0.1, -0.05) is 19.3 Å². The number of hydrogen-bond donors (Lipinski definition) is 2. The Bertz CT molecular complexity index is 419. The zero-order chi connectivity index (χ0) is 16.7. The van der Waals surface area contributed by atoms with E-state index in [1.54, 1.807) is 0 Å². The number of rotatable bonds is 4. The maximum Gasteiger partial charge on any atom is 0.221 e. The van der Waals surface area contributed by atoms with Crippen LogP contribution in [0.1, 0.15) is 52.4 Å². The van der Waals surface area contributed by atoms with E-state index in [2.05, 4.69) is 34.4 Å². The van der Waals surface area contributed by atoms with Crippen molar-refractivity contribution in [3.63, 3.8) is 0 Å². The molecule has 0 radical (unpaired) electrons. The summed E-state index contributed by atoms with van der Waals surface area (Å²) >= 11 is 2.01. The molecule has 2 N–H and O–H groups in total. The molecule has 23 heavy (non-hydrogen) atoms. The first-order valence-corrected chi connectivity index (χ1v) is 9.88. The van der Waals surface area contributed by atoms with Crippen molar-refractivity contribution in [3.8, 4) is 0 Å². The molecule has 0 aromatic heterocycles. The van der Waals surface area contributed by atoms with Crippen LogP contribution in [0, 0.1) is 0 Å². The first kappa shape index (κ1) is 18.4. The number of amides is 1. The fourth-order valence-electron chi connectivity index (χ4n) is 3.36. The monoisotopic (exact) mass is 340 g/mol. The molecule has 132 valence electrons. The Kier molecular flexibility index (Phi) is 7.06. The van der Waals surface area contributed by atoms with Gasteiger partial charge < -0.3 is 15.5 Å². The van der Waals surface area contributed by atoms with Gasteiger partial charge in [0.05, 0.1) is 0 Å². The molecule has 6 heteroatoms. The van der Waals surface area contributed by atoms with Crippen molar-refractivity contribution in [1.29, 1.82) is 0 Å². The zero-order valence-electron chi connectivity index (χ0n) is 14.9. The van der Waals surface area contributed by atoms with Gasteiger partial charge in [0.2, 0.25) is 5.91 Å². The minimum atomic E-state index is 0.161. The van der Waals surface area contributed by atoms with E-state index in [0.717, 1.165) is 37.6 Å². The predicted octanol–water partition coefficient (Wildman–Crippen LogP) is 2.23. The predicted molar refractivity (Wildman–Crippen MR) is 99.1 cm³/mol. The minimum Gasteiger partial charge on any atom is -0.356 e. The second-order valence-corrected chi connectivity index (χ2v) is 8.96. The van der Waals surface area contributed by atoms with E-state index in [4.69, 9.17) is 0 Å². The van der Waals surface area contributed by atoms with E-state index in [0.29, 0.717) is 19.0 Å². The summed E-state index contributed by atoms with van der Waals surface area (Å²) < 4.78 is 0.258. The Morgan fingerprint density at radius 2 is 2.04 bits per heavy atom. The van der Waals surface area contributed by atoms with Crippen LogP contribution in [-0.2, 0) is 4.79 Å². The van der Waals surface area contributed by atoms with Crippen LogP contribution in [0.15, 0.2) is 4.99 Å². The zero-order valence-corrected chi connectivity index (χ0v) is 15.7. The third kappa shape index (κ3) is 6.24. The number of nitrogens with zero attached hydrogens (tertiary/aromatic N) is 2. The highest BCUT2D eigenvalue weighted by atomic mass is 32.2. The first-order valence-electron chi connectivity index (χ1n) is 8.89. The molecule has 0 unspecified atom stereocenters. The van der Waals surface area contributed by atoms with E-state index < -0.39 is 0 Å². The summed E-state index contributed by atoms with van der Waals surface area (Å²) in [6.45, 7) is 7.20. The number of thioether (sulfide) groups is 1. The van der Waals surface area contributed by atoms with E-state index in [1.807, 2.05) is 18.8 Å². The summed E-state index contributed by atoms with van der Waals surface area (Å²) in [5.41, 5.74) is 0. The molecule has 1 amide bonds. The molecule has 0 atom stereocenters. The average Bonchev–Trinajstić information content (AvgIpc) is 2.51. The third-order valence-corrected chi connectivity index (χ3v) is 5.84. The Hall–Kier alpha value is -0.910. The van der Waals surface area contributed by atoms with Gasteiger partial charge in [-0.25, -0.2) is 0 Å². The second kappa shape index (κ2) is 8.81. The molecular weight excluding hydrogens is 308 g/mol. The lowest BCUT2D eigenvalue weighted by molar-refractivity contribution is -0.121. The van der Waals surface area contributed by atoms with Crippen molar-refractivity contribution >= 4 is 23.6 Å². The van der Waals surface area contributed by atoms with Crippen molar-refractivity contribution < 1.29 is 4.79 Å². The van der Waals surface area contributed by atoms with Gasteiger partial charge in [-0.05, 0) is 26.7 Å². The smallest absolute Gasteiger partial charge is 0.221 e. The Balaban J connectivity index is 1.70. The van der Waals surface area contributed by atoms with Crippen molar-refractivity contribution in [2.45, 2.75) is 63.2 Å². The highest BCUT2D eigenvalue weighted by molar-refractivity contribution is 8.00. The summed E-state index contributed by atoms with van der Waals surface area (Å²) in [7, 11) is 1.82. The van der Waals surface area contributed by atoms with Gasteiger partial charge >= 0.3 is 0 Å². The highest BCUT2D eigenvalue weighted by Gasteiger charge is 2.28. The quantitative estimate of drug-likeness (QED) is 0.609. The molecule has 0 spiro atoms. The Morgan fingerprint density at radius 3 is 2.70 bits per heavy atom. The van der Waals surface area contributed by atoms with Crippen LogP contribution in [0.25, 0.3) is 0 Å². The molecular formula is C17H32N4OS. The SMILES string of the molecule is CN=C(NCCC(=O)NC1CCCCC1)N1CCSC(C)(C)C1. The lowest BCUT2D eigenvalue weighted by Crippen LogP contribution is -2.51. The maximum atomic E-state index is 12.1. The largest absolute Gasteiger partial charge is 0.356 e. The van der Waals surface area contributed by atoms with Crippen LogP contribution < -0.4 is 10.6 Å². The lowest BCUT2D eigenvalue weighted by atomic mass is 9.95. The van der Waals surface area contributed by atoms with Gasteiger partial charge in [-0.2, -0.15) is 11.8 Å². The standard InChI is InChI=1S/C17H32N4OS/c1-17(2)13-21(11-12-23-17)16(18-3)19-10-9-15(22)20-14-7-5-4-6-8-14/h14H,4-13H2,1-3H3,(H,18,19)(H,20,22). The minimum absolute atomic E-state index is 0.161. The molecule has 0 bridgehead atoms. The van der Waals surface area contributed by atoms with Gasteiger partial charge in [-0.3, -0.25) is 9.79 Å². The van der Waals surface area contributed by atoms with Gasteiger partial charge in [-0.15, -0.1) is 0 Å². The maximum absolute atomic E-state index is 12.1. The number of carbonyl (C=O) groups is 1. The Labute approximate surface area is 145 Å². The summed E-state index contributed by atoms with van der Waals surface area (Å²) in [5.74, 6) is 2.20. The molecule has 5 nitrogen and oxygen atoms in total. The highest BCUT2D eigenvalue weighted by Crippen LogP contribution is 2.29. The van der Waals surface area contributed by atoms with Gasteiger partial charge in [0.1, 0.15) is 0 Å². The molecule has 1 aliphatic carbocycles. The second-order valence-electron chi connectivity index (χ2n) is 7.16. The van der Waals surface area contributed by atoms with Crippen molar-refractivity contribution in [3.05, 3.63) is 0 Å². The molecule has 2 fully saturated rings. The lowest BCUT2D eigenvalue weighted by Gasteiger charge is -2.39. The van der Waals surface area contributed by atoms with Gasteiger partial charge in [0, 0.05) is 49.6 Å². The van der Waals surface area contributed by atoms with Crippen LogP contribution in [0.3, 0.4) is 0 Å². The fourth-order valence-corrected chi connectivity index (χ4v) is 4.48. The van der Waals surface area contributed by atoms with E-state index in [1.165, 1.54) is 19.3 Å². The molecule has 2 aliphatic rings. The summed E-state index contributed by atoms with van der Waals surface area (Å²) in [5, 5.41) is 6.52. The average molecular weight is 341 g/mol. The number of guanidine groups is 1. The van der Waals surface area contributed by atoms with Crippen LogP contribution in [-0.4, -0.2) is 60.0 Å². The summed E-state index contributed by atoms with van der Waals surface area (Å²) in [4.78, 5) is 18.7. The molecule has 1 saturated heterocycles. The number of carbonyl (C=O) groups excluding carboxylic acids is 1. The molecule has 1 aliphatic heterocycles. The number of aliphatic imine (C=N–C) groups is 1. The molecule has 1 heterocycles. The van der Waals surface area contributed by atoms with Crippen molar-refractivity contribution in [1.82, 2.24) is 15.5 Å². The van der Waals surface area contributed by atoms with Crippen molar-refractivity contribution in [2.75, 3.05) is 32.4 Å². The van der Waals surface area contributed by atoms with Gasteiger partial charge in [0.25, 0.3) is 0 Å². The normalized spacial score (nSPS) is 22.7. The summed E-state index contributed by atoms with van der Waals surface area (Å²) in [6.07, 6.45) is 6.61. The van der Waals surface area contributed by atoms with E-state index >= 15 is 0 Å². The fraction of sp³-hybridized carbons (Fsp3) is 0.882.